The Labute approximate surface area is 112 Å². The fourth-order valence-electron chi connectivity index (χ4n) is 2.62. The fraction of sp³-hybridized carbons (Fsp3) is 0.714. The third-order valence-electron chi connectivity index (χ3n) is 3.61. The first-order valence-electron chi connectivity index (χ1n) is 6.84. The Balaban J connectivity index is 2.00. The Hall–Kier alpha value is -1.52. The van der Waals surface area contributed by atoms with E-state index < -0.39 is 18.0 Å². The Kier molecular flexibility index (Phi) is 4.45. The van der Waals surface area contributed by atoms with Gasteiger partial charge in [0.05, 0.1) is 13.2 Å². The van der Waals surface area contributed by atoms with Crippen LogP contribution in [0.2, 0.25) is 0 Å². The van der Waals surface area contributed by atoms with Crippen molar-refractivity contribution in [2.75, 3.05) is 7.11 Å². The molecule has 1 fully saturated rings. The van der Waals surface area contributed by atoms with Crippen molar-refractivity contribution in [2.45, 2.75) is 51.2 Å². The summed E-state index contributed by atoms with van der Waals surface area (Å²) in [4.78, 5) is 23.3. The predicted octanol–water partition coefficient (Wildman–Crippen LogP) is 1.95. The quantitative estimate of drug-likeness (QED) is 0.544. The van der Waals surface area contributed by atoms with E-state index in [0.29, 0.717) is 5.76 Å². The van der Waals surface area contributed by atoms with Gasteiger partial charge in [-0.15, -0.1) is 0 Å². The summed E-state index contributed by atoms with van der Waals surface area (Å²) in [6.07, 6.45) is 5.49. The molecule has 0 amide bonds. The summed E-state index contributed by atoms with van der Waals surface area (Å²) >= 11 is 0. The lowest BCUT2D eigenvalue weighted by Gasteiger charge is -2.25. The van der Waals surface area contributed by atoms with Crippen molar-refractivity contribution in [3.8, 4) is 0 Å². The molecule has 0 bridgehead atoms. The van der Waals surface area contributed by atoms with Crippen LogP contribution in [0.5, 0.6) is 0 Å². The van der Waals surface area contributed by atoms with Gasteiger partial charge in [-0.3, -0.25) is 4.79 Å². The first-order valence-corrected chi connectivity index (χ1v) is 6.84. The Morgan fingerprint density at radius 2 is 2.00 bits per heavy atom. The molecule has 2 aliphatic heterocycles. The number of cyclic esters (lactones) is 1. The molecule has 106 valence electrons. The average molecular weight is 268 g/mol. The molecule has 1 saturated heterocycles. The van der Waals surface area contributed by atoms with Gasteiger partial charge in [-0.2, -0.15) is 0 Å². The number of carbonyl (C=O) groups excluding carboxylic acids is 2. The van der Waals surface area contributed by atoms with Crippen LogP contribution in [0.15, 0.2) is 11.8 Å². The topological polar surface area (TPSA) is 61.8 Å². The molecule has 3 atom stereocenters. The minimum Gasteiger partial charge on any atom is -0.500 e. The number of carbonyl (C=O) groups is 2. The van der Waals surface area contributed by atoms with E-state index in [1.807, 2.05) is 0 Å². The zero-order chi connectivity index (χ0) is 13.8. The number of esters is 2. The van der Waals surface area contributed by atoms with Gasteiger partial charge >= 0.3 is 11.9 Å². The number of hydrogen-bond donors (Lipinski definition) is 0. The molecule has 0 radical (unpaired) electrons. The largest absolute Gasteiger partial charge is 0.500 e. The minimum atomic E-state index is -0.584. The summed E-state index contributed by atoms with van der Waals surface area (Å²) in [6, 6.07) is 0. The van der Waals surface area contributed by atoms with Gasteiger partial charge < -0.3 is 14.2 Å². The fourth-order valence-corrected chi connectivity index (χ4v) is 2.62. The van der Waals surface area contributed by atoms with Gasteiger partial charge in [0.2, 0.25) is 0 Å². The van der Waals surface area contributed by atoms with E-state index in [-0.39, 0.29) is 12.1 Å². The molecule has 2 aliphatic rings. The molecule has 0 spiro atoms. The second-order valence-corrected chi connectivity index (χ2v) is 4.95. The maximum atomic E-state index is 11.8. The second-order valence-electron chi connectivity index (χ2n) is 4.95. The summed E-state index contributed by atoms with van der Waals surface area (Å²) in [5.41, 5.74) is 0. The van der Waals surface area contributed by atoms with Crippen molar-refractivity contribution in [3.63, 3.8) is 0 Å². The number of unbranched alkanes of at least 4 members (excludes halogenated alkanes) is 3. The van der Waals surface area contributed by atoms with E-state index in [0.717, 1.165) is 32.1 Å². The molecule has 0 N–H and O–H groups in total. The molecule has 0 aliphatic carbocycles. The molecular formula is C14H20O5. The van der Waals surface area contributed by atoms with Crippen molar-refractivity contribution in [1.82, 2.24) is 0 Å². The SMILES string of the molecule is CCCCCC[C@@H]1OC(=O)[C@@H]2C(OC)=CC(=O)O[C@H]21. The summed E-state index contributed by atoms with van der Waals surface area (Å²) in [5, 5.41) is 0. The van der Waals surface area contributed by atoms with Gasteiger partial charge in [-0.1, -0.05) is 26.2 Å². The lowest BCUT2D eigenvalue weighted by Crippen LogP contribution is -2.37. The molecular weight excluding hydrogens is 248 g/mol. The third kappa shape index (κ3) is 2.91. The van der Waals surface area contributed by atoms with E-state index in [1.54, 1.807) is 0 Å². The predicted molar refractivity (Wildman–Crippen MR) is 67.1 cm³/mol. The van der Waals surface area contributed by atoms with Crippen LogP contribution in [0.25, 0.3) is 0 Å². The van der Waals surface area contributed by atoms with Crippen LogP contribution >= 0.6 is 0 Å². The highest BCUT2D eigenvalue weighted by Crippen LogP contribution is 2.36. The molecule has 0 aromatic rings. The van der Waals surface area contributed by atoms with Crippen molar-refractivity contribution >= 4 is 11.9 Å². The summed E-state index contributed by atoms with van der Waals surface area (Å²) in [5.74, 6) is -1.05. The van der Waals surface area contributed by atoms with Crippen molar-refractivity contribution in [1.29, 1.82) is 0 Å². The Bertz CT molecular complexity index is 387. The number of ether oxygens (including phenoxy) is 3. The van der Waals surface area contributed by atoms with Crippen molar-refractivity contribution in [3.05, 3.63) is 11.8 Å². The molecule has 5 nitrogen and oxygen atoms in total. The monoisotopic (exact) mass is 268 g/mol. The van der Waals surface area contributed by atoms with Crippen LogP contribution in [-0.2, 0) is 23.8 Å². The third-order valence-corrected chi connectivity index (χ3v) is 3.61. The maximum Gasteiger partial charge on any atom is 0.334 e. The van der Waals surface area contributed by atoms with E-state index in [4.69, 9.17) is 14.2 Å². The van der Waals surface area contributed by atoms with Gasteiger partial charge in [0.15, 0.2) is 12.0 Å². The zero-order valence-corrected chi connectivity index (χ0v) is 11.4. The Morgan fingerprint density at radius 3 is 2.68 bits per heavy atom. The van der Waals surface area contributed by atoms with Crippen LogP contribution in [0.4, 0.5) is 0 Å². The van der Waals surface area contributed by atoms with E-state index in [2.05, 4.69) is 6.92 Å². The molecule has 19 heavy (non-hydrogen) atoms. The normalized spacial score (nSPS) is 29.4. The van der Waals surface area contributed by atoms with Crippen LogP contribution in [0, 0.1) is 5.92 Å². The Morgan fingerprint density at radius 1 is 1.21 bits per heavy atom. The van der Waals surface area contributed by atoms with Crippen LogP contribution < -0.4 is 0 Å². The minimum absolute atomic E-state index is 0.336. The number of rotatable bonds is 6. The number of hydrogen-bond acceptors (Lipinski definition) is 5. The average Bonchev–Trinajstić information content (AvgIpc) is 2.70. The van der Waals surface area contributed by atoms with Crippen molar-refractivity contribution < 1.29 is 23.8 Å². The molecule has 0 aromatic carbocycles. The summed E-state index contributed by atoms with van der Waals surface area (Å²) < 4.78 is 15.7. The molecule has 2 rings (SSSR count). The van der Waals surface area contributed by atoms with Gasteiger partial charge in [-0.25, -0.2) is 4.79 Å². The zero-order valence-electron chi connectivity index (χ0n) is 11.4. The maximum absolute atomic E-state index is 11.8. The van der Waals surface area contributed by atoms with Crippen LogP contribution in [0.3, 0.4) is 0 Å². The lowest BCUT2D eigenvalue weighted by atomic mass is 9.94. The molecule has 0 unspecified atom stereocenters. The van der Waals surface area contributed by atoms with Crippen molar-refractivity contribution in [2.24, 2.45) is 5.92 Å². The highest BCUT2D eigenvalue weighted by atomic mass is 16.6. The molecule has 5 heteroatoms. The van der Waals surface area contributed by atoms with Crippen LogP contribution in [0.1, 0.15) is 39.0 Å². The van der Waals surface area contributed by atoms with E-state index in [9.17, 15) is 9.59 Å². The van der Waals surface area contributed by atoms with Gasteiger partial charge in [-0.05, 0) is 12.8 Å². The first-order chi connectivity index (χ1) is 9.17. The van der Waals surface area contributed by atoms with E-state index >= 15 is 0 Å². The summed E-state index contributed by atoms with van der Waals surface area (Å²) in [6.45, 7) is 2.14. The van der Waals surface area contributed by atoms with Crippen LogP contribution in [-0.4, -0.2) is 31.3 Å². The molecule has 2 heterocycles. The van der Waals surface area contributed by atoms with Gasteiger partial charge in [0.25, 0.3) is 0 Å². The standard InChI is InChI=1S/C14H20O5/c1-3-4-5-6-7-9-13-12(14(16)18-9)10(17-2)8-11(15)19-13/h8-9,12-13H,3-7H2,1-2H3/t9-,12+,13-/m0/s1. The second kappa shape index (κ2) is 6.08. The summed E-state index contributed by atoms with van der Waals surface area (Å²) in [7, 11) is 1.45. The lowest BCUT2D eigenvalue weighted by molar-refractivity contribution is -0.150. The number of methoxy groups -OCH3 is 1. The highest BCUT2D eigenvalue weighted by Gasteiger charge is 2.51. The molecule has 0 aromatic heterocycles. The van der Waals surface area contributed by atoms with Gasteiger partial charge in [0, 0.05) is 0 Å². The molecule has 0 saturated carbocycles. The van der Waals surface area contributed by atoms with Gasteiger partial charge in [0.1, 0.15) is 11.9 Å². The highest BCUT2D eigenvalue weighted by molar-refractivity contribution is 5.89. The number of fused-ring (bicyclic) bond motifs is 1. The first kappa shape index (κ1) is 13.9. The van der Waals surface area contributed by atoms with E-state index in [1.165, 1.54) is 13.2 Å². The smallest absolute Gasteiger partial charge is 0.334 e.